The molecule has 1 aliphatic rings. The molecule has 0 radical (unpaired) electrons. The van der Waals surface area contributed by atoms with E-state index in [0.717, 1.165) is 6.54 Å². The van der Waals surface area contributed by atoms with E-state index in [4.69, 9.17) is 4.52 Å². The summed E-state index contributed by atoms with van der Waals surface area (Å²) < 4.78 is 8.47. The molecule has 0 amide bonds. The lowest BCUT2D eigenvalue weighted by Gasteiger charge is -2.20. The van der Waals surface area contributed by atoms with Gasteiger partial charge in [0.1, 0.15) is 14.4 Å². The molecule has 0 spiro atoms. The summed E-state index contributed by atoms with van der Waals surface area (Å²) in [5.41, 5.74) is 1.91. The molecule has 2 atom stereocenters. The van der Waals surface area contributed by atoms with Crippen LogP contribution >= 0.6 is 8.30 Å². The van der Waals surface area contributed by atoms with Crippen LogP contribution < -0.4 is 0 Å². The highest BCUT2D eigenvalue weighted by Gasteiger charge is 2.33. The zero-order valence-electron chi connectivity index (χ0n) is 9.55. The van der Waals surface area contributed by atoms with Crippen molar-refractivity contribution in [2.24, 2.45) is 0 Å². The first-order valence-electron chi connectivity index (χ1n) is 5.40. The monoisotopic (exact) mass is 223 g/mol. The van der Waals surface area contributed by atoms with Gasteiger partial charge in [0, 0.05) is 12.2 Å². The van der Waals surface area contributed by atoms with Crippen molar-refractivity contribution in [1.29, 1.82) is 0 Å². The van der Waals surface area contributed by atoms with Crippen LogP contribution in [0.15, 0.2) is 30.3 Å². The number of hydrogen-bond donors (Lipinski definition) is 0. The second kappa shape index (κ2) is 4.61. The van der Waals surface area contributed by atoms with Crippen LogP contribution in [0.5, 0.6) is 0 Å². The zero-order valence-corrected chi connectivity index (χ0v) is 10.4. The summed E-state index contributed by atoms with van der Waals surface area (Å²) in [6.07, 6.45) is 0.268. The molecule has 1 aromatic carbocycles. The fourth-order valence-electron chi connectivity index (χ4n) is 1.91. The molecule has 2 nitrogen and oxygen atoms in total. The van der Waals surface area contributed by atoms with Gasteiger partial charge in [-0.2, -0.15) is 0 Å². The average molecular weight is 223 g/mol. The van der Waals surface area contributed by atoms with Crippen molar-refractivity contribution in [2.45, 2.75) is 25.6 Å². The van der Waals surface area contributed by atoms with E-state index in [0.29, 0.717) is 5.66 Å². The smallest absolute Gasteiger partial charge is 0.107 e. The Morgan fingerprint density at radius 2 is 2.00 bits per heavy atom. The molecule has 1 fully saturated rings. The minimum atomic E-state index is -0.395. The molecule has 0 bridgehead atoms. The van der Waals surface area contributed by atoms with E-state index in [2.05, 4.69) is 49.8 Å². The molecule has 0 saturated carbocycles. The number of hydrogen-bond acceptors (Lipinski definition) is 2. The van der Waals surface area contributed by atoms with Gasteiger partial charge in [0.05, 0.1) is 0 Å². The van der Waals surface area contributed by atoms with Gasteiger partial charge < -0.3 is 4.52 Å². The SMILES string of the molecule is CC(C)P1O[C@@H](c2ccccc2)CN1C. The average Bonchev–Trinajstić information content (AvgIpc) is 2.62. The van der Waals surface area contributed by atoms with Gasteiger partial charge in [-0.3, -0.25) is 4.67 Å². The molecule has 2 rings (SSSR count). The highest BCUT2D eigenvalue weighted by Crippen LogP contribution is 2.54. The number of rotatable bonds is 2. The summed E-state index contributed by atoms with van der Waals surface area (Å²) in [5, 5.41) is 0. The van der Waals surface area contributed by atoms with Crippen molar-refractivity contribution >= 4 is 8.30 Å². The molecular formula is C12H18NOP. The lowest BCUT2D eigenvalue weighted by molar-refractivity contribution is 0.262. The molecule has 0 aliphatic carbocycles. The van der Waals surface area contributed by atoms with Crippen LogP contribution in [0.1, 0.15) is 25.5 Å². The molecule has 1 unspecified atom stereocenters. The van der Waals surface area contributed by atoms with Crippen LogP contribution in [0.4, 0.5) is 0 Å². The van der Waals surface area contributed by atoms with Gasteiger partial charge in [-0.25, -0.2) is 0 Å². The quantitative estimate of drug-likeness (QED) is 0.712. The van der Waals surface area contributed by atoms with Gasteiger partial charge in [0.25, 0.3) is 0 Å². The highest BCUT2D eigenvalue weighted by atomic mass is 31.2. The number of likely N-dealkylation sites (N-methyl/N-ethyl adjacent to an activating group) is 1. The summed E-state index contributed by atoms with van der Waals surface area (Å²) in [5.74, 6) is 0. The fourth-order valence-corrected chi connectivity index (χ4v) is 3.87. The topological polar surface area (TPSA) is 12.5 Å². The third-order valence-corrected chi connectivity index (χ3v) is 4.81. The summed E-state index contributed by atoms with van der Waals surface area (Å²) in [6, 6.07) is 10.5. The third kappa shape index (κ3) is 2.39. The van der Waals surface area contributed by atoms with Crippen LogP contribution in [0.2, 0.25) is 0 Å². The summed E-state index contributed by atoms with van der Waals surface area (Å²) in [4.78, 5) is 0. The Morgan fingerprint density at radius 1 is 1.33 bits per heavy atom. The molecule has 1 aliphatic heterocycles. The molecule has 15 heavy (non-hydrogen) atoms. The molecule has 1 heterocycles. The second-order valence-electron chi connectivity index (χ2n) is 4.24. The van der Waals surface area contributed by atoms with E-state index in [1.807, 2.05) is 6.07 Å². The standard InChI is InChI=1S/C12H18NOP/c1-10(2)15-13(3)9-12(14-15)11-7-5-4-6-8-11/h4-8,10,12H,9H2,1-3H3/t12-,15?/m1/s1. The van der Waals surface area contributed by atoms with Gasteiger partial charge in [0.15, 0.2) is 0 Å². The minimum Gasteiger partial charge on any atom is -0.334 e. The normalized spacial score (nSPS) is 27.5. The van der Waals surface area contributed by atoms with Crippen LogP contribution in [-0.2, 0) is 4.52 Å². The molecule has 82 valence electrons. The second-order valence-corrected chi connectivity index (χ2v) is 6.77. The zero-order chi connectivity index (χ0) is 10.8. The molecule has 3 heteroatoms. The van der Waals surface area contributed by atoms with E-state index < -0.39 is 8.30 Å². The third-order valence-electron chi connectivity index (χ3n) is 2.61. The summed E-state index contributed by atoms with van der Waals surface area (Å²) in [7, 11) is 1.77. The van der Waals surface area contributed by atoms with Gasteiger partial charge in [-0.1, -0.05) is 44.2 Å². The molecule has 0 aromatic heterocycles. The summed E-state index contributed by atoms with van der Waals surface area (Å²) in [6.45, 7) is 5.49. The predicted octanol–water partition coefficient (Wildman–Crippen LogP) is 3.41. The maximum atomic E-state index is 6.11. The maximum Gasteiger partial charge on any atom is 0.107 e. The van der Waals surface area contributed by atoms with Crippen LogP contribution in [-0.4, -0.2) is 23.9 Å². The Hall–Kier alpha value is -0.430. The van der Waals surface area contributed by atoms with Crippen molar-refractivity contribution in [2.75, 3.05) is 13.6 Å². The van der Waals surface area contributed by atoms with E-state index >= 15 is 0 Å². The first-order chi connectivity index (χ1) is 7.18. The Balaban J connectivity index is 2.09. The van der Waals surface area contributed by atoms with Gasteiger partial charge in [0.2, 0.25) is 0 Å². The van der Waals surface area contributed by atoms with Crippen molar-refractivity contribution in [1.82, 2.24) is 4.67 Å². The molecular weight excluding hydrogens is 205 g/mol. The maximum absolute atomic E-state index is 6.11. The van der Waals surface area contributed by atoms with Crippen molar-refractivity contribution in [3.8, 4) is 0 Å². The lowest BCUT2D eigenvalue weighted by atomic mass is 10.1. The van der Waals surface area contributed by atoms with Gasteiger partial charge in [-0.05, 0) is 12.6 Å². The molecule has 1 saturated heterocycles. The highest BCUT2D eigenvalue weighted by molar-refractivity contribution is 7.50. The molecule has 1 aromatic rings. The lowest BCUT2D eigenvalue weighted by Crippen LogP contribution is -2.12. The fraction of sp³-hybridized carbons (Fsp3) is 0.500. The first kappa shape index (κ1) is 11.1. The Kier molecular flexibility index (Phi) is 3.40. The number of nitrogens with zero attached hydrogens (tertiary/aromatic N) is 1. The predicted molar refractivity (Wildman–Crippen MR) is 65.0 cm³/mol. The van der Waals surface area contributed by atoms with Gasteiger partial charge >= 0.3 is 0 Å². The Morgan fingerprint density at radius 3 is 2.53 bits per heavy atom. The first-order valence-corrected chi connectivity index (χ1v) is 6.68. The van der Waals surface area contributed by atoms with Gasteiger partial charge in [-0.15, -0.1) is 0 Å². The van der Waals surface area contributed by atoms with Crippen LogP contribution in [0.25, 0.3) is 0 Å². The van der Waals surface area contributed by atoms with Crippen LogP contribution in [0.3, 0.4) is 0 Å². The van der Waals surface area contributed by atoms with Crippen molar-refractivity contribution < 1.29 is 4.52 Å². The van der Waals surface area contributed by atoms with Crippen molar-refractivity contribution in [3.63, 3.8) is 0 Å². The van der Waals surface area contributed by atoms with Crippen LogP contribution in [0, 0.1) is 0 Å². The Bertz CT molecular complexity index is 315. The van der Waals surface area contributed by atoms with E-state index in [1.54, 1.807) is 0 Å². The number of benzene rings is 1. The summed E-state index contributed by atoms with van der Waals surface area (Å²) >= 11 is 0. The molecule has 0 N–H and O–H groups in total. The van der Waals surface area contributed by atoms with E-state index in [-0.39, 0.29) is 6.10 Å². The largest absolute Gasteiger partial charge is 0.334 e. The van der Waals surface area contributed by atoms with E-state index in [9.17, 15) is 0 Å². The minimum absolute atomic E-state index is 0.268. The van der Waals surface area contributed by atoms with E-state index in [1.165, 1.54) is 5.56 Å². The Labute approximate surface area is 93.1 Å². The van der Waals surface area contributed by atoms with Crippen molar-refractivity contribution in [3.05, 3.63) is 35.9 Å².